The van der Waals surface area contributed by atoms with Gasteiger partial charge in [0.05, 0.1) is 0 Å². The first-order valence-corrected chi connectivity index (χ1v) is 6.20. The van der Waals surface area contributed by atoms with Gasteiger partial charge in [-0.3, -0.25) is 4.90 Å². The molecule has 0 spiro atoms. The van der Waals surface area contributed by atoms with Crippen molar-refractivity contribution < 1.29 is 0 Å². The van der Waals surface area contributed by atoms with E-state index in [0.717, 1.165) is 19.0 Å². The van der Waals surface area contributed by atoms with E-state index in [9.17, 15) is 0 Å². The molecule has 86 valence electrons. The monoisotopic (exact) mass is 216 g/mol. The van der Waals surface area contributed by atoms with E-state index in [2.05, 4.69) is 36.1 Å². The molecule has 1 saturated carbocycles. The van der Waals surface area contributed by atoms with E-state index in [0.29, 0.717) is 5.41 Å². The smallest absolute Gasteiger partial charge is 0.0234 e. The van der Waals surface area contributed by atoms with Gasteiger partial charge in [0.25, 0.3) is 0 Å². The lowest BCUT2D eigenvalue weighted by Gasteiger charge is -2.20. The van der Waals surface area contributed by atoms with Gasteiger partial charge < -0.3 is 5.73 Å². The van der Waals surface area contributed by atoms with E-state index in [1.54, 1.807) is 0 Å². The Kier molecular flexibility index (Phi) is 2.30. The first kappa shape index (κ1) is 10.3. The molecule has 0 bridgehead atoms. The van der Waals surface area contributed by atoms with Gasteiger partial charge in [-0.15, -0.1) is 0 Å². The molecule has 0 aromatic heterocycles. The van der Waals surface area contributed by atoms with Gasteiger partial charge in [-0.25, -0.2) is 0 Å². The maximum absolute atomic E-state index is 5.86. The lowest BCUT2D eigenvalue weighted by molar-refractivity contribution is 0.274. The van der Waals surface area contributed by atoms with Crippen molar-refractivity contribution in [2.75, 3.05) is 19.6 Å². The predicted octanol–water partition coefficient (Wildman–Crippen LogP) is 1.78. The number of aryl methyl sites for hydroxylation is 1. The summed E-state index contributed by atoms with van der Waals surface area (Å²) in [5.74, 6) is 0.892. The van der Waals surface area contributed by atoms with Crippen LogP contribution in [0.2, 0.25) is 0 Å². The lowest BCUT2D eigenvalue weighted by Crippen LogP contribution is -2.28. The van der Waals surface area contributed by atoms with E-state index in [-0.39, 0.29) is 0 Å². The molecule has 16 heavy (non-hydrogen) atoms. The van der Waals surface area contributed by atoms with Crippen molar-refractivity contribution in [2.24, 2.45) is 17.1 Å². The number of piperidine rings is 1. The molecule has 1 heterocycles. The van der Waals surface area contributed by atoms with Crippen LogP contribution < -0.4 is 5.73 Å². The van der Waals surface area contributed by atoms with Crippen molar-refractivity contribution in [1.82, 2.24) is 4.90 Å². The summed E-state index contributed by atoms with van der Waals surface area (Å²) in [7, 11) is 0. The standard InChI is InChI=1S/C14H20N2/c1-11-2-4-12(5-3-11)7-16-8-13-6-14(13,9-15)10-16/h2-5,13H,6-10,15H2,1H3/t13-,14+/m1/s1. The summed E-state index contributed by atoms with van der Waals surface area (Å²) in [6.45, 7) is 6.58. The second kappa shape index (κ2) is 3.57. The SMILES string of the molecule is Cc1ccc(CN2C[C@H]3C[C@]3(CN)C2)cc1. The van der Waals surface area contributed by atoms with Crippen LogP contribution in [0.4, 0.5) is 0 Å². The van der Waals surface area contributed by atoms with Crippen molar-refractivity contribution in [3.63, 3.8) is 0 Å². The van der Waals surface area contributed by atoms with Gasteiger partial charge in [-0.1, -0.05) is 29.8 Å². The van der Waals surface area contributed by atoms with Crippen LogP contribution in [0, 0.1) is 18.3 Å². The van der Waals surface area contributed by atoms with Gasteiger partial charge in [0, 0.05) is 19.6 Å². The Morgan fingerprint density at radius 2 is 2.12 bits per heavy atom. The molecule has 1 saturated heterocycles. The Morgan fingerprint density at radius 3 is 2.75 bits per heavy atom. The minimum atomic E-state index is 0.505. The summed E-state index contributed by atoms with van der Waals surface area (Å²) in [4.78, 5) is 2.56. The Balaban J connectivity index is 1.63. The Bertz CT molecular complexity index is 380. The summed E-state index contributed by atoms with van der Waals surface area (Å²) < 4.78 is 0. The molecule has 2 nitrogen and oxygen atoms in total. The Labute approximate surface area is 97.4 Å². The van der Waals surface area contributed by atoms with Crippen LogP contribution in [0.5, 0.6) is 0 Å². The van der Waals surface area contributed by atoms with E-state index in [4.69, 9.17) is 5.73 Å². The molecule has 0 amide bonds. The number of nitrogens with two attached hydrogens (primary N) is 1. The molecule has 2 heteroatoms. The molecule has 0 unspecified atom stereocenters. The van der Waals surface area contributed by atoms with Crippen LogP contribution in [0.3, 0.4) is 0 Å². The highest BCUT2D eigenvalue weighted by molar-refractivity contribution is 5.22. The van der Waals surface area contributed by atoms with Gasteiger partial charge in [-0.2, -0.15) is 0 Å². The first-order valence-electron chi connectivity index (χ1n) is 6.20. The fraction of sp³-hybridized carbons (Fsp3) is 0.571. The van der Waals surface area contributed by atoms with Crippen molar-refractivity contribution in [3.05, 3.63) is 35.4 Å². The molecule has 2 fully saturated rings. The number of likely N-dealkylation sites (tertiary alicyclic amines) is 1. The predicted molar refractivity (Wildman–Crippen MR) is 66.1 cm³/mol. The number of hydrogen-bond donors (Lipinski definition) is 1. The Morgan fingerprint density at radius 1 is 1.38 bits per heavy atom. The number of fused-ring (bicyclic) bond motifs is 1. The van der Waals surface area contributed by atoms with E-state index >= 15 is 0 Å². The van der Waals surface area contributed by atoms with E-state index in [1.807, 2.05) is 0 Å². The molecule has 1 aromatic carbocycles. The fourth-order valence-corrected chi connectivity index (χ4v) is 3.09. The first-order chi connectivity index (χ1) is 7.72. The third-order valence-corrected chi connectivity index (χ3v) is 4.31. The maximum Gasteiger partial charge on any atom is 0.0234 e. The van der Waals surface area contributed by atoms with Crippen LogP contribution in [-0.4, -0.2) is 24.5 Å². The third-order valence-electron chi connectivity index (χ3n) is 4.31. The summed E-state index contributed by atoms with van der Waals surface area (Å²) in [6, 6.07) is 8.89. The molecule has 2 atom stereocenters. The van der Waals surface area contributed by atoms with Gasteiger partial charge in [0.1, 0.15) is 0 Å². The van der Waals surface area contributed by atoms with Crippen LogP contribution in [-0.2, 0) is 6.54 Å². The molecular formula is C14H20N2. The van der Waals surface area contributed by atoms with Gasteiger partial charge >= 0.3 is 0 Å². The molecule has 0 radical (unpaired) electrons. The maximum atomic E-state index is 5.86. The van der Waals surface area contributed by atoms with Crippen molar-refractivity contribution in [2.45, 2.75) is 19.9 Å². The van der Waals surface area contributed by atoms with Crippen LogP contribution in [0.1, 0.15) is 17.5 Å². The highest BCUT2D eigenvalue weighted by Crippen LogP contribution is 2.57. The van der Waals surface area contributed by atoms with Crippen molar-refractivity contribution >= 4 is 0 Å². The zero-order valence-corrected chi connectivity index (χ0v) is 9.95. The van der Waals surface area contributed by atoms with Crippen molar-refractivity contribution in [1.29, 1.82) is 0 Å². The summed E-state index contributed by atoms with van der Waals surface area (Å²) >= 11 is 0. The molecule has 2 aliphatic rings. The minimum Gasteiger partial charge on any atom is -0.330 e. The largest absolute Gasteiger partial charge is 0.330 e. The fourth-order valence-electron chi connectivity index (χ4n) is 3.09. The van der Waals surface area contributed by atoms with Gasteiger partial charge in [0.15, 0.2) is 0 Å². The van der Waals surface area contributed by atoms with Crippen LogP contribution >= 0.6 is 0 Å². The van der Waals surface area contributed by atoms with E-state index in [1.165, 1.54) is 30.6 Å². The topological polar surface area (TPSA) is 29.3 Å². The lowest BCUT2D eigenvalue weighted by atomic mass is 10.1. The molecular weight excluding hydrogens is 196 g/mol. The highest BCUT2D eigenvalue weighted by atomic mass is 15.2. The minimum absolute atomic E-state index is 0.505. The van der Waals surface area contributed by atoms with E-state index < -0.39 is 0 Å². The van der Waals surface area contributed by atoms with Crippen molar-refractivity contribution in [3.8, 4) is 0 Å². The van der Waals surface area contributed by atoms with Gasteiger partial charge in [-0.05, 0) is 36.8 Å². The van der Waals surface area contributed by atoms with Gasteiger partial charge in [0.2, 0.25) is 0 Å². The normalized spacial score (nSPS) is 32.8. The number of rotatable bonds is 3. The molecule has 1 aromatic rings. The Hall–Kier alpha value is -0.860. The summed E-state index contributed by atoms with van der Waals surface area (Å²) in [5.41, 5.74) is 9.13. The zero-order chi connectivity index (χ0) is 11.2. The summed E-state index contributed by atoms with van der Waals surface area (Å²) in [5, 5.41) is 0. The average Bonchev–Trinajstić information content (AvgIpc) is 2.86. The quantitative estimate of drug-likeness (QED) is 0.834. The van der Waals surface area contributed by atoms with Crippen LogP contribution in [0.25, 0.3) is 0 Å². The third kappa shape index (κ3) is 1.66. The van der Waals surface area contributed by atoms with Crippen LogP contribution in [0.15, 0.2) is 24.3 Å². The molecule has 1 aliphatic heterocycles. The molecule has 3 rings (SSSR count). The number of hydrogen-bond acceptors (Lipinski definition) is 2. The highest BCUT2D eigenvalue weighted by Gasteiger charge is 2.58. The molecule has 2 N–H and O–H groups in total. The second-order valence-electron chi connectivity index (χ2n) is 5.62. The average molecular weight is 216 g/mol. The number of benzene rings is 1. The summed E-state index contributed by atoms with van der Waals surface area (Å²) in [6.07, 6.45) is 1.37. The zero-order valence-electron chi connectivity index (χ0n) is 9.95. The number of nitrogens with zero attached hydrogens (tertiary/aromatic N) is 1. The molecule has 1 aliphatic carbocycles. The second-order valence-corrected chi connectivity index (χ2v) is 5.62.